The molecule has 4 heteroatoms. The highest BCUT2D eigenvalue weighted by molar-refractivity contribution is 5.81. The van der Waals surface area contributed by atoms with Crippen LogP contribution in [0.2, 0.25) is 0 Å². The Bertz CT molecular complexity index is 284. The van der Waals surface area contributed by atoms with Gasteiger partial charge in [-0.1, -0.05) is 5.16 Å². The van der Waals surface area contributed by atoms with Crippen LogP contribution in [0.15, 0.2) is 9.62 Å². The molecule has 0 saturated carbocycles. The number of aromatic nitrogens is 1. The number of hydrazone groups is 1. The predicted octanol–water partition coefficient (Wildman–Crippen LogP) is 1.58. The average molecular weight is 181 g/mol. The third-order valence-electron chi connectivity index (χ3n) is 1.93. The van der Waals surface area contributed by atoms with Crippen LogP contribution in [-0.2, 0) is 0 Å². The fraction of sp³-hybridized carbons (Fsp3) is 0.556. The topological polar surface area (TPSA) is 41.6 Å². The first-order chi connectivity index (χ1) is 6.15. The van der Waals surface area contributed by atoms with E-state index < -0.39 is 0 Å². The molecule has 0 fully saturated rings. The van der Waals surface area contributed by atoms with Crippen molar-refractivity contribution in [2.75, 3.05) is 13.6 Å². The Morgan fingerprint density at radius 1 is 1.54 bits per heavy atom. The van der Waals surface area contributed by atoms with Gasteiger partial charge in [-0.3, -0.25) is 0 Å². The van der Waals surface area contributed by atoms with Crippen LogP contribution in [0, 0.1) is 13.8 Å². The largest absolute Gasteiger partial charge is 0.361 e. The first-order valence-electron chi connectivity index (χ1n) is 4.33. The molecule has 0 atom stereocenters. The van der Waals surface area contributed by atoms with Gasteiger partial charge in [-0.25, -0.2) is 0 Å². The van der Waals surface area contributed by atoms with Gasteiger partial charge in [0.25, 0.3) is 0 Å². The summed E-state index contributed by atoms with van der Waals surface area (Å²) in [6.45, 7) is 6.72. The zero-order chi connectivity index (χ0) is 9.84. The molecule has 0 spiro atoms. The molecule has 72 valence electrons. The maximum atomic E-state index is 5.00. The summed E-state index contributed by atoms with van der Waals surface area (Å²) in [7, 11) is 1.93. The van der Waals surface area contributed by atoms with Gasteiger partial charge in [-0.05, 0) is 20.8 Å². The van der Waals surface area contributed by atoms with Gasteiger partial charge in [0.15, 0.2) is 0 Å². The highest BCUT2D eigenvalue weighted by Gasteiger charge is 2.05. The number of nitrogens with zero attached hydrogens (tertiary/aromatic N) is 3. The first-order valence-corrected chi connectivity index (χ1v) is 4.33. The molecule has 0 aliphatic rings. The third kappa shape index (κ3) is 2.31. The van der Waals surface area contributed by atoms with E-state index >= 15 is 0 Å². The van der Waals surface area contributed by atoms with Crippen LogP contribution in [0.5, 0.6) is 0 Å². The SMILES string of the molecule is CCN(C)/N=C/c1c(C)noc1C. The molecule has 0 N–H and O–H groups in total. The lowest BCUT2D eigenvalue weighted by Crippen LogP contribution is -2.09. The van der Waals surface area contributed by atoms with Gasteiger partial charge in [0.05, 0.1) is 17.5 Å². The minimum Gasteiger partial charge on any atom is -0.361 e. The van der Waals surface area contributed by atoms with E-state index in [4.69, 9.17) is 4.52 Å². The van der Waals surface area contributed by atoms with E-state index in [2.05, 4.69) is 10.3 Å². The van der Waals surface area contributed by atoms with E-state index in [1.807, 2.05) is 32.8 Å². The minimum absolute atomic E-state index is 0.811. The van der Waals surface area contributed by atoms with E-state index in [0.29, 0.717) is 0 Å². The molecule has 1 aromatic rings. The second kappa shape index (κ2) is 4.07. The molecule has 0 unspecified atom stereocenters. The molecule has 4 nitrogen and oxygen atoms in total. The van der Waals surface area contributed by atoms with E-state index in [1.165, 1.54) is 0 Å². The van der Waals surface area contributed by atoms with Gasteiger partial charge in [0, 0.05) is 13.6 Å². The van der Waals surface area contributed by atoms with Crippen molar-refractivity contribution >= 4 is 6.21 Å². The van der Waals surface area contributed by atoms with E-state index in [0.717, 1.165) is 23.6 Å². The molecule has 0 aromatic carbocycles. The smallest absolute Gasteiger partial charge is 0.142 e. The summed E-state index contributed by atoms with van der Waals surface area (Å²) in [5.41, 5.74) is 1.85. The average Bonchev–Trinajstić information content (AvgIpc) is 2.43. The molecule has 1 rings (SSSR count). The zero-order valence-corrected chi connectivity index (χ0v) is 8.53. The number of hydrogen-bond donors (Lipinski definition) is 0. The fourth-order valence-electron chi connectivity index (χ4n) is 0.912. The van der Waals surface area contributed by atoms with Crippen LogP contribution in [0.1, 0.15) is 23.9 Å². The fourth-order valence-corrected chi connectivity index (χ4v) is 0.912. The van der Waals surface area contributed by atoms with E-state index in [-0.39, 0.29) is 0 Å². The Kier molecular flexibility index (Phi) is 3.06. The molecular weight excluding hydrogens is 166 g/mol. The second-order valence-electron chi connectivity index (χ2n) is 2.96. The molecule has 13 heavy (non-hydrogen) atoms. The summed E-state index contributed by atoms with van der Waals surface area (Å²) in [6.07, 6.45) is 1.78. The van der Waals surface area contributed by atoms with Crippen LogP contribution in [0.4, 0.5) is 0 Å². The second-order valence-corrected chi connectivity index (χ2v) is 2.96. The highest BCUT2D eigenvalue weighted by Crippen LogP contribution is 2.08. The molecule has 0 amide bonds. The lowest BCUT2D eigenvalue weighted by atomic mass is 10.2. The van der Waals surface area contributed by atoms with E-state index in [9.17, 15) is 0 Å². The maximum absolute atomic E-state index is 5.00. The van der Waals surface area contributed by atoms with Crippen LogP contribution in [0.3, 0.4) is 0 Å². The minimum atomic E-state index is 0.811. The van der Waals surface area contributed by atoms with Crippen molar-refractivity contribution in [2.24, 2.45) is 5.10 Å². The zero-order valence-electron chi connectivity index (χ0n) is 8.53. The van der Waals surface area contributed by atoms with Crippen LogP contribution in [0.25, 0.3) is 0 Å². The molecule has 0 aliphatic carbocycles. The standard InChI is InChI=1S/C9H15N3O/c1-5-12(4)10-6-9-7(2)11-13-8(9)3/h6H,5H2,1-4H3/b10-6+. The van der Waals surface area contributed by atoms with Crippen LogP contribution >= 0.6 is 0 Å². The van der Waals surface area contributed by atoms with Crippen LogP contribution < -0.4 is 0 Å². The molecular formula is C9H15N3O. The molecule has 0 radical (unpaired) electrons. The monoisotopic (exact) mass is 181 g/mol. The van der Waals surface area contributed by atoms with Crippen molar-refractivity contribution in [2.45, 2.75) is 20.8 Å². The summed E-state index contributed by atoms with van der Waals surface area (Å²) >= 11 is 0. The quantitative estimate of drug-likeness (QED) is 0.525. The predicted molar refractivity (Wildman–Crippen MR) is 51.9 cm³/mol. The Morgan fingerprint density at radius 3 is 2.69 bits per heavy atom. The maximum Gasteiger partial charge on any atom is 0.142 e. The highest BCUT2D eigenvalue weighted by atomic mass is 16.5. The Balaban J connectivity index is 2.78. The van der Waals surface area contributed by atoms with Gasteiger partial charge < -0.3 is 9.53 Å². The lowest BCUT2D eigenvalue weighted by molar-refractivity contribution is 0.377. The molecule has 0 aliphatic heterocycles. The van der Waals surface area contributed by atoms with Crippen molar-refractivity contribution in [3.8, 4) is 0 Å². The number of rotatable bonds is 3. The lowest BCUT2D eigenvalue weighted by Gasteiger charge is -2.07. The molecule has 0 bridgehead atoms. The van der Waals surface area contributed by atoms with Crippen molar-refractivity contribution < 1.29 is 4.52 Å². The summed E-state index contributed by atoms with van der Waals surface area (Å²) in [5.74, 6) is 0.811. The normalized spacial score (nSPS) is 11.1. The van der Waals surface area contributed by atoms with E-state index in [1.54, 1.807) is 6.21 Å². The molecule has 0 saturated heterocycles. The number of aryl methyl sites for hydroxylation is 2. The number of hydrogen-bond acceptors (Lipinski definition) is 4. The van der Waals surface area contributed by atoms with Gasteiger partial charge in [-0.2, -0.15) is 5.10 Å². The first kappa shape index (κ1) is 9.77. The Hall–Kier alpha value is -1.32. The van der Waals surface area contributed by atoms with Crippen LogP contribution in [-0.4, -0.2) is 30.0 Å². The summed E-state index contributed by atoms with van der Waals surface area (Å²) in [4.78, 5) is 0. The van der Waals surface area contributed by atoms with Gasteiger partial charge in [-0.15, -0.1) is 0 Å². The van der Waals surface area contributed by atoms with Crippen molar-refractivity contribution in [3.63, 3.8) is 0 Å². The van der Waals surface area contributed by atoms with Crippen molar-refractivity contribution in [1.29, 1.82) is 0 Å². The summed E-state index contributed by atoms with van der Waals surface area (Å²) < 4.78 is 5.00. The van der Waals surface area contributed by atoms with Crippen molar-refractivity contribution in [3.05, 3.63) is 17.0 Å². The summed E-state index contributed by atoms with van der Waals surface area (Å²) in [6, 6.07) is 0. The van der Waals surface area contributed by atoms with Crippen molar-refractivity contribution in [1.82, 2.24) is 10.2 Å². The third-order valence-corrected chi connectivity index (χ3v) is 1.93. The summed E-state index contributed by atoms with van der Waals surface area (Å²) in [5, 5.41) is 9.90. The Labute approximate surface area is 78.2 Å². The molecule has 1 heterocycles. The van der Waals surface area contributed by atoms with Gasteiger partial charge >= 0.3 is 0 Å². The van der Waals surface area contributed by atoms with Gasteiger partial charge in [0.2, 0.25) is 0 Å². The molecule has 1 aromatic heterocycles. The Morgan fingerprint density at radius 2 is 2.23 bits per heavy atom. The van der Waals surface area contributed by atoms with Gasteiger partial charge in [0.1, 0.15) is 5.76 Å².